The Labute approximate surface area is 282 Å². The van der Waals surface area contributed by atoms with Gasteiger partial charge in [-0.2, -0.15) is 0 Å². The van der Waals surface area contributed by atoms with E-state index in [4.69, 9.17) is 9.84 Å². The van der Waals surface area contributed by atoms with E-state index < -0.39 is 60.2 Å². The predicted octanol–water partition coefficient (Wildman–Crippen LogP) is 3.44. The van der Waals surface area contributed by atoms with Crippen LogP contribution >= 0.6 is 11.8 Å². The lowest BCUT2D eigenvalue weighted by molar-refractivity contribution is -0.137. The molecule has 0 spiro atoms. The van der Waals surface area contributed by atoms with Gasteiger partial charge in [0.25, 0.3) is 0 Å². The highest BCUT2D eigenvalue weighted by Gasteiger charge is 2.38. The number of rotatable bonds is 16. The molecule has 0 fully saturated rings. The Morgan fingerprint density at radius 3 is 1.54 bits per heavy atom. The number of nitrogens with one attached hydrogen (secondary N) is 4. The number of carboxylic acid groups (broad SMARTS) is 1. The Morgan fingerprint density at radius 1 is 0.625 bits per heavy atom. The van der Waals surface area contributed by atoms with E-state index in [1.54, 1.807) is 0 Å². The average molecular weight is 669 g/mol. The number of carbonyl (C=O) groups excluding carboxylic acids is 4. The number of alkyl carbamates (subject to hydrolysis) is 1. The van der Waals surface area contributed by atoms with Crippen molar-refractivity contribution in [2.75, 3.05) is 25.4 Å². The minimum absolute atomic E-state index is 0.0114. The lowest BCUT2D eigenvalue weighted by Gasteiger charge is -2.36. The first-order valence-corrected chi connectivity index (χ1v) is 16.1. The maximum Gasteiger partial charge on any atom is 0.408 e. The molecule has 4 amide bonds. The molecular formula is C36H36N4O7S. The summed E-state index contributed by atoms with van der Waals surface area (Å²) in [7, 11) is 0. The number of carbonyl (C=O) groups is 5. The fraction of sp³-hybridized carbons (Fsp3) is 0.194. The van der Waals surface area contributed by atoms with Crippen molar-refractivity contribution in [3.05, 3.63) is 144 Å². The molecule has 4 aromatic carbocycles. The van der Waals surface area contributed by atoms with Crippen molar-refractivity contribution in [2.45, 2.75) is 17.4 Å². The second-order valence-corrected chi connectivity index (χ2v) is 11.7. The number of ether oxygens (including phenoxy) is 1. The highest BCUT2D eigenvalue weighted by Crippen LogP contribution is 2.48. The molecule has 248 valence electrons. The molecule has 0 unspecified atom stereocenters. The van der Waals surface area contributed by atoms with Crippen LogP contribution < -0.4 is 21.3 Å². The van der Waals surface area contributed by atoms with Crippen LogP contribution in [0.5, 0.6) is 0 Å². The topological polar surface area (TPSA) is 163 Å². The van der Waals surface area contributed by atoms with E-state index in [-0.39, 0.29) is 12.4 Å². The Hall–Kier alpha value is -5.62. The average Bonchev–Trinajstić information content (AvgIpc) is 3.12. The minimum atomic E-state index is -1.23. The molecule has 0 aliphatic rings. The Morgan fingerprint density at radius 2 is 1.06 bits per heavy atom. The molecular weight excluding hydrogens is 632 g/mol. The third-order valence-electron chi connectivity index (χ3n) is 7.13. The van der Waals surface area contributed by atoms with Gasteiger partial charge in [-0.25, -0.2) is 4.79 Å². The van der Waals surface area contributed by atoms with Crippen LogP contribution in [0.15, 0.2) is 121 Å². The van der Waals surface area contributed by atoms with Crippen LogP contribution in [0, 0.1) is 0 Å². The lowest BCUT2D eigenvalue weighted by atomic mass is 9.84. The number of hydrogen-bond donors (Lipinski definition) is 5. The number of benzene rings is 4. The zero-order valence-electron chi connectivity index (χ0n) is 26.0. The number of amides is 4. The minimum Gasteiger partial charge on any atom is -0.480 e. The summed E-state index contributed by atoms with van der Waals surface area (Å²) < 4.78 is 4.63. The second-order valence-electron chi connectivity index (χ2n) is 10.5. The van der Waals surface area contributed by atoms with Crippen LogP contribution in [-0.2, 0) is 35.3 Å². The second kappa shape index (κ2) is 17.9. The van der Waals surface area contributed by atoms with Crippen molar-refractivity contribution in [3.8, 4) is 0 Å². The van der Waals surface area contributed by atoms with Crippen molar-refractivity contribution >= 4 is 41.5 Å². The molecule has 48 heavy (non-hydrogen) atoms. The van der Waals surface area contributed by atoms with Gasteiger partial charge < -0.3 is 31.1 Å². The third-order valence-corrected chi connectivity index (χ3v) is 8.77. The predicted molar refractivity (Wildman–Crippen MR) is 182 cm³/mol. The number of carboxylic acids is 1. The highest BCUT2D eigenvalue weighted by molar-refractivity contribution is 8.00. The summed E-state index contributed by atoms with van der Waals surface area (Å²) in [6.07, 6.45) is -0.816. The fourth-order valence-electron chi connectivity index (χ4n) is 4.84. The molecule has 1 atom stereocenters. The molecule has 0 heterocycles. The largest absolute Gasteiger partial charge is 0.480 e. The normalized spacial score (nSPS) is 11.4. The SMILES string of the molecule is O=C(O)CNC(=O)CNC(=O)CNC(=O)[C@H](CSC(c1ccccc1)(c1ccccc1)c1ccccc1)NC(=O)OCc1ccccc1. The van der Waals surface area contributed by atoms with E-state index in [0.717, 1.165) is 22.3 Å². The number of hydrogen-bond acceptors (Lipinski definition) is 7. The Bertz CT molecular complexity index is 1560. The molecule has 4 rings (SSSR count). The lowest BCUT2D eigenvalue weighted by Crippen LogP contribution is -2.51. The number of thioether (sulfide) groups is 1. The molecule has 0 saturated carbocycles. The van der Waals surface area contributed by atoms with Gasteiger partial charge in [-0.15, -0.1) is 11.8 Å². The van der Waals surface area contributed by atoms with Crippen LogP contribution in [0.3, 0.4) is 0 Å². The van der Waals surface area contributed by atoms with E-state index in [0.29, 0.717) is 0 Å². The Balaban J connectivity index is 1.56. The molecule has 11 nitrogen and oxygen atoms in total. The van der Waals surface area contributed by atoms with Gasteiger partial charge in [-0.1, -0.05) is 121 Å². The maximum atomic E-state index is 13.6. The molecule has 0 saturated heterocycles. The monoisotopic (exact) mass is 668 g/mol. The molecule has 5 N–H and O–H groups in total. The van der Waals surface area contributed by atoms with Gasteiger partial charge in [-0.05, 0) is 22.3 Å². The van der Waals surface area contributed by atoms with Crippen molar-refractivity contribution < 1.29 is 33.8 Å². The van der Waals surface area contributed by atoms with Crippen LogP contribution in [0.1, 0.15) is 22.3 Å². The third kappa shape index (κ3) is 10.2. The molecule has 0 aliphatic heterocycles. The molecule has 0 radical (unpaired) electrons. The molecule has 0 aliphatic carbocycles. The van der Waals surface area contributed by atoms with Crippen molar-refractivity contribution in [2.24, 2.45) is 0 Å². The summed E-state index contributed by atoms with van der Waals surface area (Å²) in [6, 6.07) is 37.5. The summed E-state index contributed by atoms with van der Waals surface area (Å²) in [5, 5.41) is 18.3. The van der Waals surface area contributed by atoms with Gasteiger partial charge >= 0.3 is 12.1 Å². The summed E-state index contributed by atoms with van der Waals surface area (Å²) in [5.41, 5.74) is 3.64. The summed E-state index contributed by atoms with van der Waals surface area (Å²) in [5.74, 6) is -3.18. The quantitative estimate of drug-likeness (QED) is 0.113. The molecule has 12 heteroatoms. The van der Waals surface area contributed by atoms with Gasteiger partial charge in [0.05, 0.1) is 17.8 Å². The fourth-order valence-corrected chi connectivity index (χ4v) is 6.40. The molecule has 0 aromatic heterocycles. The first kappa shape index (κ1) is 35.2. The first-order valence-electron chi connectivity index (χ1n) is 15.1. The molecule has 4 aromatic rings. The van der Waals surface area contributed by atoms with Crippen LogP contribution in [-0.4, -0.2) is 66.3 Å². The number of aliphatic carboxylic acids is 1. The zero-order chi connectivity index (χ0) is 34.2. The van der Waals surface area contributed by atoms with Crippen LogP contribution in [0.4, 0.5) is 4.79 Å². The first-order chi connectivity index (χ1) is 23.3. The zero-order valence-corrected chi connectivity index (χ0v) is 26.8. The molecule has 0 bridgehead atoms. The van der Waals surface area contributed by atoms with Crippen molar-refractivity contribution in [1.82, 2.24) is 21.3 Å². The van der Waals surface area contributed by atoms with Gasteiger partial charge in [0.2, 0.25) is 17.7 Å². The van der Waals surface area contributed by atoms with Gasteiger partial charge in [0, 0.05) is 5.75 Å². The van der Waals surface area contributed by atoms with Crippen molar-refractivity contribution in [1.29, 1.82) is 0 Å². The van der Waals surface area contributed by atoms with Crippen molar-refractivity contribution in [3.63, 3.8) is 0 Å². The standard InChI is InChI=1S/C36H36N4O7S/c41-31(38-23-33(43)44)21-37-32(42)22-39-34(45)30(40-35(46)47-24-26-13-5-1-6-14-26)25-48-36(27-15-7-2-8-16-27,28-17-9-3-10-18-28)29-19-11-4-12-20-29/h1-20,30H,21-25H2,(H,37,42)(H,38,41)(H,39,45)(H,40,46)(H,43,44)/t30-/m0/s1. The summed E-state index contributed by atoms with van der Waals surface area (Å²) in [6.45, 7) is -1.57. The van der Waals surface area contributed by atoms with Crippen LogP contribution in [0.25, 0.3) is 0 Å². The van der Waals surface area contributed by atoms with E-state index in [2.05, 4.69) is 21.3 Å². The van der Waals surface area contributed by atoms with E-state index in [1.165, 1.54) is 11.8 Å². The van der Waals surface area contributed by atoms with Crippen LogP contribution in [0.2, 0.25) is 0 Å². The van der Waals surface area contributed by atoms with Gasteiger partial charge in [0.1, 0.15) is 19.2 Å². The summed E-state index contributed by atoms with van der Waals surface area (Å²) in [4.78, 5) is 61.4. The smallest absolute Gasteiger partial charge is 0.408 e. The van der Waals surface area contributed by atoms with E-state index >= 15 is 0 Å². The van der Waals surface area contributed by atoms with E-state index in [1.807, 2.05) is 121 Å². The van der Waals surface area contributed by atoms with Gasteiger partial charge in [0.15, 0.2) is 0 Å². The highest BCUT2D eigenvalue weighted by atomic mass is 32.2. The van der Waals surface area contributed by atoms with E-state index in [9.17, 15) is 24.0 Å². The Kier molecular flexibility index (Phi) is 13.1. The van der Waals surface area contributed by atoms with Gasteiger partial charge in [-0.3, -0.25) is 19.2 Å². The maximum absolute atomic E-state index is 13.6. The summed E-state index contributed by atoms with van der Waals surface area (Å²) >= 11 is 1.44.